The van der Waals surface area contributed by atoms with E-state index in [0.29, 0.717) is 5.57 Å². The normalized spacial score (nSPS) is 11.6. The van der Waals surface area contributed by atoms with Crippen LogP contribution in [-0.4, -0.2) is 27.9 Å². The number of nitrogens with zero attached hydrogens (tertiary/aromatic N) is 3. The van der Waals surface area contributed by atoms with E-state index < -0.39 is 0 Å². The van der Waals surface area contributed by atoms with Crippen molar-refractivity contribution < 1.29 is 9.53 Å². The fourth-order valence-corrected chi connectivity index (χ4v) is 2.33. The SMILES string of the molecule is COC(=O)/C(C)=C/c1ccccc1-c1nnn2ccccc12. The van der Waals surface area contributed by atoms with E-state index in [2.05, 4.69) is 10.3 Å². The number of esters is 1. The molecule has 2 aromatic heterocycles. The van der Waals surface area contributed by atoms with Crippen molar-refractivity contribution in [2.24, 2.45) is 0 Å². The summed E-state index contributed by atoms with van der Waals surface area (Å²) in [7, 11) is 1.37. The second kappa shape index (κ2) is 5.81. The summed E-state index contributed by atoms with van der Waals surface area (Å²) in [5.41, 5.74) is 4.05. The van der Waals surface area contributed by atoms with Gasteiger partial charge < -0.3 is 4.74 Å². The second-order valence-electron chi connectivity index (χ2n) is 4.87. The fourth-order valence-electron chi connectivity index (χ4n) is 2.33. The van der Waals surface area contributed by atoms with Crippen LogP contribution in [0.2, 0.25) is 0 Å². The zero-order valence-corrected chi connectivity index (χ0v) is 12.4. The highest BCUT2D eigenvalue weighted by molar-refractivity contribution is 5.95. The van der Waals surface area contributed by atoms with Crippen molar-refractivity contribution in [1.82, 2.24) is 14.8 Å². The van der Waals surface area contributed by atoms with Crippen molar-refractivity contribution in [3.05, 3.63) is 59.8 Å². The lowest BCUT2D eigenvalue weighted by molar-refractivity contribution is -0.135. The van der Waals surface area contributed by atoms with Gasteiger partial charge in [-0.05, 0) is 30.7 Å². The molecule has 3 rings (SSSR count). The molecule has 0 fully saturated rings. The highest BCUT2D eigenvalue weighted by Gasteiger charge is 2.12. The molecule has 0 saturated heterocycles. The van der Waals surface area contributed by atoms with Gasteiger partial charge in [0.1, 0.15) is 5.69 Å². The smallest absolute Gasteiger partial charge is 0.333 e. The third-order valence-electron chi connectivity index (χ3n) is 3.42. The van der Waals surface area contributed by atoms with Crippen LogP contribution in [0.3, 0.4) is 0 Å². The fraction of sp³-hybridized carbons (Fsp3) is 0.118. The van der Waals surface area contributed by atoms with E-state index in [-0.39, 0.29) is 5.97 Å². The molecule has 5 nitrogen and oxygen atoms in total. The molecule has 0 spiro atoms. The van der Waals surface area contributed by atoms with Gasteiger partial charge in [0, 0.05) is 17.3 Å². The summed E-state index contributed by atoms with van der Waals surface area (Å²) >= 11 is 0. The number of fused-ring (bicyclic) bond motifs is 1. The van der Waals surface area contributed by atoms with Gasteiger partial charge in [0.25, 0.3) is 0 Å². The molecule has 1 aromatic carbocycles. The first-order valence-corrected chi connectivity index (χ1v) is 6.87. The van der Waals surface area contributed by atoms with Crippen LogP contribution in [0.1, 0.15) is 12.5 Å². The van der Waals surface area contributed by atoms with Crippen LogP contribution in [0.5, 0.6) is 0 Å². The second-order valence-corrected chi connectivity index (χ2v) is 4.87. The summed E-state index contributed by atoms with van der Waals surface area (Å²) in [6.45, 7) is 1.73. The van der Waals surface area contributed by atoms with Gasteiger partial charge in [-0.1, -0.05) is 35.5 Å². The highest BCUT2D eigenvalue weighted by atomic mass is 16.5. The number of pyridine rings is 1. The van der Waals surface area contributed by atoms with E-state index >= 15 is 0 Å². The topological polar surface area (TPSA) is 56.5 Å². The van der Waals surface area contributed by atoms with Crippen LogP contribution in [0, 0.1) is 0 Å². The van der Waals surface area contributed by atoms with Gasteiger partial charge in [-0.25, -0.2) is 9.31 Å². The van der Waals surface area contributed by atoms with E-state index in [4.69, 9.17) is 4.74 Å². The van der Waals surface area contributed by atoms with Crippen LogP contribution >= 0.6 is 0 Å². The zero-order valence-electron chi connectivity index (χ0n) is 12.4. The van der Waals surface area contributed by atoms with E-state index in [1.807, 2.05) is 48.7 Å². The number of rotatable bonds is 3. The summed E-state index contributed by atoms with van der Waals surface area (Å²) < 4.78 is 6.47. The standard InChI is InChI=1S/C17H15N3O2/c1-12(17(21)22-2)11-13-7-3-4-8-14(13)16-15-9-5-6-10-20(15)19-18-16/h3-11H,1-2H3/b12-11+. The molecular weight excluding hydrogens is 278 g/mol. The average molecular weight is 293 g/mol. The van der Waals surface area contributed by atoms with E-state index in [1.54, 1.807) is 17.5 Å². The van der Waals surface area contributed by atoms with Crippen molar-refractivity contribution >= 4 is 17.6 Å². The molecule has 0 unspecified atom stereocenters. The Bertz CT molecular complexity index is 865. The summed E-state index contributed by atoms with van der Waals surface area (Å²) in [6, 6.07) is 13.6. The third-order valence-corrected chi connectivity index (χ3v) is 3.42. The maximum absolute atomic E-state index is 11.6. The molecule has 2 heterocycles. The number of hydrogen-bond acceptors (Lipinski definition) is 4. The van der Waals surface area contributed by atoms with Crippen molar-refractivity contribution in [3.63, 3.8) is 0 Å². The number of benzene rings is 1. The molecular formula is C17H15N3O2. The van der Waals surface area contributed by atoms with E-state index in [9.17, 15) is 4.79 Å². The largest absolute Gasteiger partial charge is 0.466 e. The quantitative estimate of drug-likeness (QED) is 0.550. The number of ether oxygens (including phenoxy) is 1. The number of hydrogen-bond donors (Lipinski definition) is 0. The molecule has 22 heavy (non-hydrogen) atoms. The Morgan fingerprint density at radius 3 is 2.77 bits per heavy atom. The number of aromatic nitrogens is 3. The highest BCUT2D eigenvalue weighted by Crippen LogP contribution is 2.27. The van der Waals surface area contributed by atoms with E-state index in [0.717, 1.165) is 22.3 Å². The van der Waals surface area contributed by atoms with Crippen LogP contribution in [0.15, 0.2) is 54.2 Å². The lowest BCUT2D eigenvalue weighted by Gasteiger charge is -2.05. The minimum atomic E-state index is -0.345. The number of carbonyl (C=O) groups is 1. The Labute approximate surface area is 127 Å². The van der Waals surface area contributed by atoms with Gasteiger partial charge in [-0.3, -0.25) is 0 Å². The minimum Gasteiger partial charge on any atom is -0.466 e. The summed E-state index contributed by atoms with van der Waals surface area (Å²) in [6.07, 6.45) is 3.65. The molecule has 0 aliphatic carbocycles. The first-order valence-electron chi connectivity index (χ1n) is 6.87. The van der Waals surface area contributed by atoms with Crippen molar-refractivity contribution in [1.29, 1.82) is 0 Å². The molecule has 110 valence electrons. The molecule has 0 aliphatic heterocycles. The minimum absolute atomic E-state index is 0.345. The number of carbonyl (C=O) groups excluding carboxylic acids is 1. The predicted molar refractivity (Wildman–Crippen MR) is 84.1 cm³/mol. The maximum atomic E-state index is 11.6. The van der Waals surface area contributed by atoms with Crippen LogP contribution in [-0.2, 0) is 9.53 Å². The van der Waals surface area contributed by atoms with Gasteiger partial charge in [0.15, 0.2) is 0 Å². The molecule has 0 amide bonds. The molecule has 0 aliphatic rings. The maximum Gasteiger partial charge on any atom is 0.333 e. The van der Waals surface area contributed by atoms with Crippen molar-refractivity contribution in [2.45, 2.75) is 6.92 Å². The average Bonchev–Trinajstić information content (AvgIpc) is 2.98. The molecule has 0 N–H and O–H groups in total. The van der Waals surface area contributed by atoms with Crippen molar-refractivity contribution in [3.8, 4) is 11.3 Å². The van der Waals surface area contributed by atoms with Crippen molar-refractivity contribution in [2.75, 3.05) is 7.11 Å². The molecule has 0 bridgehead atoms. The van der Waals surface area contributed by atoms with Crippen LogP contribution in [0.25, 0.3) is 22.9 Å². The lowest BCUT2D eigenvalue weighted by atomic mass is 10.0. The Morgan fingerprint density at radius 1 is 1.18 bits per heavy atom. The first-order chi connectivity index (χ1) is 10.7. The van der Waals surface area contributed by atoms with Crippen LogP contribution in [0.4, 0.5) is 0 Å². The van der Waals surface area contributed by atoms with Gasteiger partial charge in [-0.15, -0.1) is 5.10 Å². The van der Waals surface area contributed by atoms with Gasteiger partial charge in [0.05, 0.1) is 12.6 Å². The zero-order chi connectivity index (χ0) is 15.5. The Morgan fingerprint density at radius 2 is 1.95 bits per heavy atom. The molecule has 0 atom stereocenters. The molecule has 5 heteroatoms. The Kier molecular flexibility index (Phi) is 3.70. The third kappa shape index (κ3) is 2.48. The molecule has 3 aromatic rings. The Balaban J connectivity index is 2.15. The monoisotopic (exact) mass is 293 g/mol. The molecule has 0 saturated carbocycles. The lowest BCUT2D eigenvalue weighted by Crippen LogP contribution is -2.01. The predicted octanol–water partition coefficient (Wildman–Crippen LogP) is 2.97. The van der Waals surface area contributed by atoms with E-state index in [1.165, 1.54) is 7.11 Å². The molecule has 0 radical (unpaired) electrons. The van der Waals surface area contributed by atoms with Crippen LogP contribution < -0.4 is 0 Å². The van der Waals surface area contributed by atoms with Gasteiger partial charge >= 0.3 is 5.97 Å². The summed E-state index contributed by atoms with van der Waals surface area (Å²) in [4.78, 5) is 11.6. The summed E-state index contributed by atoms with van der Waals surface area (Å²) in [5, 5.41) is 8.39. The summed E-state index contributed by atoms with van der Waals surface area (Å²) in [5.74, 6) is -0.345. The number of methoxy groups -OCH3 is 1. The van der Waals surface area contributed by atoms with Gasteiger partial charge in [0.2, 0.25) is 0 Å². The first kappa shape index (κ1) is 14.0. The Hall–Kier alpha value is -2.95. The van der Waals surface area contributed by atoms with Gasteiger partial charge in [-0.2, -0.15) is 0 Å².